The van der Waals surface area contributed by atoms with E-state index >= 15 is 0 Å². The fourth-order valence-corrected chi connectivity index (χ4v) is 7.34. The van der Waals surface area contributed by atoms with Crippen LogP contribution in [0.1, 0.15) is 219 Å². The predicted octanol–water partition coefficient (Wildman–Crippen LogP) is 13.4. The molecular formula is C46H91NO8P+. The van der Waals surface area contributed by atoms with Crippen LogP contribution in [-0.2, 0) is 32.7 Å². The molecule has 0 aliphatic carbocycles. The minimum Gasteiger partial charge on any atom is -0.462 e. The Bertz CT molecular complexity index is 969. The van der Waals surface area contributed by atoms with Crippen LogP contribution in [0.25, 0.3) is 0 Å². The third kappa shape index (κ3) is 42.4. The molecule has 0 fully saturated rings. The predicted molar refractivity (Wildman–Crippen MR) is 234 cm³/mol. The molecule has 56 heavy (non-hydrogen) atoms. The Morgan fingerprint density at radius 1 is 0.536 bits per heavy atom. The van der Waals surface area contributed by atoms with Crippen molar-refractivity contribution in [2.45, 2.75) is 225 Å². The molecule has 0 amide bonds. The fraction of sp³-hybridized carbons (Fsp3) is 0.913. The first-order valence-electron chi connectivity index (χ1n) is 23.4. The molecule has 0 saturated carbocycles. The summed E-state index contributed by atoms with van der Waals surface area (Å²) in [6, 6.07) is 0. The van der Waals surface area contributed by atoms with Gasteiger partial charge < -0.3 is 18.9 Å². The number of likely N-dealkylation sites (N-methyl/N-ethyl adjacent to an activating group) is 1. The monoisotopic (exact) mass is 817 g/mol. The Labute approximate surface area is 346 Å². The second-order valence-electron chi connectivity index (χ2n) is 17.1. The number of phosphoric ester groups is 1. The van der Waals surface area contributed by atoms with E-state index in [1.165, 1.54) is 135 Å². The molecule has 0 saturated heterocycles. The first-order chi connectivity index (χ1) is 27.0. The Hall–Kier alpha value is -1.25. The number of phosphoric acid groups is 1. The van der Waals surface area contributed by atoms with Crippen molar-refractivity contribution in [2.75, 3.05) is 47.5 Å². The first-order valence-corrected chi connectivity index (χ1v) is 24.9. The molecule has 1 unspecified atom stereocenters. The Morgan fingerprint density at radius 3 is 1.34 bits per heavy atom. The van der Waals surface area contributed by atoms with Crippen molar-refractivity contribution in [2.24, 2.45) is 0 Å². The number of hydrogen-bond acceptors (Lipinski definition) is 7. The van der Waals surface area contributed by atoms with Crippen LogP contribution in [0.2, 0.25) is 0 Å². The highest BCUT2D eigenvalue weighted by Crippen LogP contribution is 2.43. The summed E-state index contributed by atoms with van der Waals surface area (Å²) in [5.41, 5.74) is 0. The zero-order valence-electron chi connectivity index (χ0n) is 37.4. The molecule has 0 aromatic rings. The van der Waals surface area contributed by atoms with Gasteiger partial charge in [-0.2, -0.15) is 0 Å². The molecule has 9 nitrogen and oxygen atoms in total. The summed E-state index contributed by atoms with van der Waals surface area (Å²) in [5.74, 6) is -0.797. The highest BCUT2D eigenvalue weighted by atomic mass is 31.2. The second-order valence-corrected chi connectivity index (χ2v) is 18.6. The largest absolute Gasteiger partial charge is 0.472 e. The van der Waals surface area contributed by atoms with Gasteiger partial charge in [-0.15, -0.1) is 0 Å². The van der Waals surface area contributed by atoms with Gasteiger partial charge in [-0.1, -0.05) is 180 Å². The lowest BCUT2D eigenvalue weighted by Gasteiger charge is -2.24. The lowest BCUT2D eigenvalue weighted by Crippen LogP contribution is -2.37. The zero-order chi connectivity index (χ0) is 41.4. The average Bonchev–Trinajstić information content (AvgIpc) is 3.15. The summed E-state index contributed by atoms with van der Waals surface area (Å²) in [4.78, 5) is 35.4. The van der Waals surface area contributed by atoms with Crippen molar-refractivity contribution in [3.05, 3.63) is 12.2 Å². The third-order valence-electron chi connectivity index (χ3n) is 10.3. The maximum Gasteiger partial charge on any atom is 0.472 e. The van der Waals surface area contributed by atoms with E-state index in [2.05, 4.69) is 26.0 Å². The van der Waals surface area contributed by atoms with Crippen LogP contribution >= 0.6 is 7.82 Å². The van der Waals surface area contributed by atoms with Crippen molar-refractivity contribution >= 4 is 19.8 Å². The van der Waals surface area contributed by atoms with E-state index in [-0.39, 0.29) is 25.6 Å². The first kappa shape index (κ1) is 54.8. The molecule has 0 aromatic heterocycles. The SMILES string of the molecule is CCCCCC/C=C/CCCCCCCC(=O)O[C@@H](COC(=O)CCCCCCCCCCCCCCCCCCCCC)COP(=O)(O)OCC[N+](C)(C)C. The van der Waals surface area contributed by atoms with E-state index in [0.717, 1.165) is 51.4 Å². The van der Waals surface area contributed by atoms with Crippen molar-refractivity contribution in [1.29, 1.82) is 0 Å². The van der Waals surface area contributed by atoms with E-state index in [9.17, 15) is 19.0 Å². The molecule has 0 radical (unpaired) electrons. The van der Waals surface area contributed by atoms with Crippen LogP contribution in [0.4, 0.5) is 0 Å². The maximum absolute atomic E-state index is 12.7. The number of unbranched alkanes of at least 4 members (excludes halogenated alkanes) is 27. The van der Waals surface area contributed by atoms with E-state index < -0.39 is 26.5 Å². The van der Waals surface area contributed by atoms with Crippen molar-refractivity contribution < 1.29 is 42.1 Å². The normalized spacial score (nSPS) is 13.6. The molecular weight excluding hydrogens is 725 g/mol. The van der Waals surface area contributed by atoms with Gasteiger partial charge in [0, 0.05) is 12.8 Å². The molecule has 0 aliphatic heterocycles. The lowest BCUT2D eigenvalue weighted by molar-refractivity contribution is -0.870. The summed E-state index contributed by atoms with van der Waals surface area (Å²) in [6.07, 6.45) is 41.1. The molecule has 0 bridgehead atoms. The van der Waals surface area contributed by atoms with Gasteiger partial charge in [0.15, 0.2) is 6.10 Å². The highest BCUT2D eigenvalue weighted by molar-refractivity contribution is 7.47. The van der Waals surface area contributed by atoms with Gasteiger partial charge in [0.2, 0.25) is 0 Å². The number of rotatable bonds is 43. The Morgan fingerprint density at radius 2 is 0.911 bits per heavy atom. The van der Waals surface area contributed by atoms with Crippen molar-refractivity contribution in [3.8, 4) is 0 Å². The third-order valence-corrected chi connectivity index (χ3v) is 11.3. The number of nitrogens with zero attached hydrogens (tertiary/aromatic N) is 1. The van der Waals surface area contributed by atoms with E-state index in [1.807, 2.05) is 21.1 Å². The zero-order valence-corrected chi connectivity index (χ0v) is 38.3. The molecule has 0 heterocycles. The van der Waals surface area contributed by atoms with Crippen LogP contribution in [0, 0.1) is 0 Å². The molecule has 0 rings (SSSR count). The van der Waals surface area contributed by atoms with E-state index in [4.69, 9.17) is 18.5 Å². The fourth-order valence-electron chi connectivity index (χ4n) is 6.60. The second kappa shape index (κ2) is 39.2. The molecule has 10 heteroatoms. The molecule has 1 N–H and O–H groups in total. The van der Waals surface area contributed by atoms with Gasteiger partial charge in [0.05, 0.1) is 27.7 Å². The molecule has 332 valence electrons. The van der Waals surface area contributed by atoms with E-state index in [1.54, 1.807) is 0 Å². The van der Waals surface area contributed by atoms with Gasteiger partial charge in [-0.3, -0.25) is 18.6 Å². The van der Waals surface area contributed by atoms with Gasteiger partial charge in [-0.25, -0.2) is 4.57 Å². The van der Waals surface area contributed by atoms with Crippen LogP contribution in [0.15, 0.2) is 12.2 Å². The summed E-state index contributed by atoms with van der Waals surface area (Å²) < 4.78 is 34.3. The summed E-state index contributed by atoms with van der Waals surface area (Å²) in [7, 11) is 1.48. The standard InChI is InChI=1S/C46H90NO8P/c1-6-8-10-12-14-16-18-20-21-22-23-24-25-27-28-30-32-34-36-38-45(48)52-42-44(43-54-56(50,51)53-41-40-47(3,4)5)55-46(49)39-37-35-33-31-29-26-19-17-15-13-11-9-7-2/h17,19,44H,6-16,18,20-43H2,1-5H3/p+1/b19-17+/t44-/m0/s1. The van der Waals surface area contributed by atoms with Crippen LogP contribution in [0.5, 0.6) is 0 Å². The summed E-state index contributed by atoms with van der Waals surface area (Å²) in [6.45, 7) is 4.43. The number of esters is 2. The minimum absolute atomic E-state index is 0.0332. The highest BCUT2D eigenvalue weighted by Gasteiger charge is 2.27. The molecule has 0 spiro atoms. The average molecular weight is 817 g/mol. The van der Waals surface area contributed by atoms with Crippen LogP contribution in [0.3, 0.4) is 0 Å². The quantitative estimate of drug-likeness (QED) is 0.0213. The number of hydrogen-bond donors (Lipinski definition) is 1. The molecule has 2 atom stereocenters. The maximum atomic E-state index is 12.7. The number of carbonyl (C=O) groups is 2. The van der Waals surface area contributed by atoms with Gasteiger partial charge in [0.1, 0.15) is 19.8 Å². The van der Waals surface area contributed by atoms with Crippen molar-refractivity contribution in [3.63, 3.8) is 0 Å². The Kier molecular flexibility index (Phi) is 38.3. The minimum atomic E-state index is -4.37. The number of allylic oxidation sites excluding steroid dienone is 2. The van der Waals surface area contributed by atoms with Gasteiger partial charge >= 0.3 is 19.8 Å². The van der Waals surface area contributed by atoms with Gasteiger partial charge in [0.25, 0.3) is 0 Å². The van der Waals surface area contributed by atoms with Gasteiger partial charge in [-0.05, 0) is 38.5 Å². The van der Waals surface area contributed by atoms with Crippen molar-refractivity contribution in [1.82, 2.24) is 0 Å². The number of carbonyl (C=O) groups excluding carboxylic acids is 2. The lowest BCUT2D eigenvalue weighted by atomic mass is 10.0. The summed E-state index contributed by atoms with van der Waals surface area (Å²) >= 11 is 0. The summed E-state index contributed by atoms with van der Waals surface area (Å²) in [5, 5.41) is 0. The van der Waals surface area contributed by atoms with Crippen LogP contribution < -0.4 is 0 Å². The van der Waals surface area contributed by atoms with Crippen LogP contribution in [-0.4, -0.2) is 74.9 Å². The molecule has 0 aliphatic rings. The van der Waals surface area contributed by atoms with E-state index in [0.29, 0.717) is 23.9 Å². The number of quaternary nitrogens is 1. The Balaban J connectivity index is 4.25. The smallest absolute Gasteiger partial charge is 0.462 e. The topological polar surface area (TPSA) is 108 Å². The number of ether oxygens (including phenoxy) is 2. The molecule has 0 aromatic carbocycles.